The predicted molar refractivity (Wildman–Crippen MR) is 70.9 cm³/mol. The monoisotopic (exact) mass is 300 g/mol. The van der Waals surface area contributed by atoms with Crippen molar-refractivity contribution in [2.45, 2.75) is 19.4 Å². The van der Waals surface area contributed by atoms with Gasteiger partial charge in [0.2, 0.25) is 5.91 Å². The van der Waals surface area contributed by atoms with Crippen LogP contribution in [0.15, 0.2) is 22.7 Å². The third kappa shape index (κ3) is 4.36. The van der Waals surface area contributed by atoms with E-state index in [-0.39, 0.29) is 11.9 Å². The van der Waals surface area contributed by atoms with Gasteiger partial charge in [-0.15, -0.1) is 0 Å². The number of nitrogens with one attached hydrogen (secondary N) is 1. The summed E-state index contributed by atoms with van der Waals surface area (Å²) in [5, 5.41) is 2.55. The largest absolute Gasteiger partial charge is 0.493 e. The molecule has 0 saturated carbocycles. The van der Waals surface area contributed by atoms with Crippen LogP contribution in [0.4, 0.5) is 0 Å². The highest BCUT2D eigenvalue weighted by Crippen LogP contribution is 2.27. The van der Waals surface area contributed by atoms with Crippen molar-refractivity contribution in [3.8, 4) is 5.75 Å². The van der Waals surface area contributed by atoms with E-state index >= 15 is 0 Å². The summed E-state index contributed by atoms with van der Waals surface area (Å²) in [5.41, 5.74) is 6.78. The summed E-state index contributed by atoms with van der Waals surface area (Å²) in [6.07, 6.45) is 0.335. The molecular formula is C12H17BrN2O2. The molecule has 3 N–H and O–H groups in total. The van der Waals surface area contributed by atoms with E-state index in [9.17, 15) is 4.79 Å². The fraction of sp³-hybridized carbons (Fsp3) is 0.417. The van der Waals surface area contributed by atoms with Crippen LogP contribution >= 0.6 is 15.9 Å². The van der Waals surface area contributed by atoms with Gasteiger partial charge in [-0.25, -0.2) is 0 Å². The third-order valence-corrected chi connectivity index (χ3v) is 2.82. The van der Waals surface area contributed by atoms with Crippen LogP contribution in [0, 0.1) is 0 Å². The summed E-state index contributed by atoms with van der Waals surface area (Å²) in [5.74, 6) is 0.681. The Morgan fingerprint density at radius 3 is 2.88 bits per heavy atom. The smallest absolute Gasteiger partial charge is 0.223 e. The molecule has 0 aliphatic heterocycles. The van der Waals surface area contributed by atoms with Crippen LogP contribution < -0.4 is 15.8 Å². The molecule has 1 rings (SSSR count). The number of carbonyl (C=O) groups excluding carboxylic acids is 1. The molecule has 4 nitrogen and oxygen atoms in total. The van der Waals surface area contributed by atoms with Gasteiger partial charge in [-0.05, 0) is 19.1 Å². The summed E-state index contributed by atoms with van der Waals surface area (Å²) in [7, 11) is 1.61. The topological polar surface area (TPSA) is 64.3 Å². The van der Waals surface area contributed by atoms with Gasteiger partial charge in [0.05, 0.1) is 13.0 Å². The van der Waals surface area contributed by atoms with Gasteiger partial charge in [0.1, 0.15) is 5.75 Å². The van der Waals surface area contributed by atoms with E-state index in [1.54, 1.807) is 7.05 Å². The van der Waals surface area contributed by atoms with E-state index in [0.29, 0.717) is 13.0 Å². The molecule has 0 fully saturated rings. The van der Waals surface area contributed by atoms with E-state index < -0.39 is 0 Å². The lowest BCUT2D eigenvalue weighted by atomic mass is 10.1. The van der Waals surface area contributed by atoms with Gasteiger partial charge in [-0.1, -0.05) is 22.0 Å². The maximum atomic E-state index is 11.1. The fourth-order valence-electron chi connectivity index (χ4n) is 1.39. The molecule has 5 heteroatoms. The first-order valence-corrected chi connectivity index (χ1v) is 6.22. The second-order valence-electron chi connectivity index (χ2n) is 3.74. The third-order valence-electron chi connectivity index (χ3n) is 2.33. The van der Waals surface area contributed by atoms with E-state index in [4.69, 9.17) is 10.5 Å². The van der Waals surface area contributed by atoms with Gasteiger partial charge >= 0.3 is 0 Å². The number of benzene rings is 1. The molecule has 0 aromatic heterocycles. The average Bonchev–Trinajstić information content (AvgIpc) is 2.28. The fourth-order valence-corrected chi connectivity index (χ4v) is 1.73. The number of ether oxygens (including phenoxy) is 1. The van der Waals surface area contributed by atoms with Crippen molar-refractivity contribution in [2.75, 3.05) is 13.7 Å². The Kier molecular flexibility index (Phi) is 5.44. The van der Waals surface area contributed by atoms with Crippen LogP contribution in [0.1, 0.15) is 24.9 Å². The molecule has 17 heavy (non-hydrogen) atoms. The van der Waals surface area contributed by atoms with Gasteiger partial charge < -0.3 is 15.8 Å². The standard InChI is InChI=1S/C12H17BrN2O2/c1-8(14)10-4-3-9(13)7-11(10)17-6-5-12(16)15-2/h3-4,7-8H,5-6,14H2,1-2H3,(H,15,16)/t8-/m0/s1. The molecule has 0 aliphatic carbocycles. The first-order chi connectivity index (χ1) is 8.04. The molecule has 0 aliphatic rings. The normalized spacial score (nSPS) is 12.0. The van der Waals surface area contributed by atoms with Crippen molar-refractivity contribution in [2.24, 2.45) is 5.73 Å². The summed E-state index contributed by atoms with van der Waals surface area (Å²) in [6.45, 7) is 2.24. The molecule has 0 heterocycles. The van der Waals surface area contributed by atoms with E-state index in [0.717, 1.165) is 15.8 Å². The maximum absolute atomic E-state index is 11.1. The Morgan fingerprint density at radius 1 is 1.59 bits per heavy atom. The Morgan fingerprint density at radius 2 is 2.29 bits per heavy atom. The molecule has 1 amide bonds. The molecule has 0 saturated heterocycles. The van der Waals surface area contributed by atoms with Crippen LogP contribution in [0.3, 0.4) is 0 Å². The van der Waals surface area contributed by atoms with Crippen LogP contribution in [-0.4, -0.2) is 19.6 Å². The van der Waals surface area contributed by atoms with Crippen LogP contribution in [-0.2, 0) is 4.79 Å². The molecule has 0 radical (unpaired) electrons. The maximum Gasteiger partial charge on any atom is 0.223 e. The molecule has 94 valence electrons. The highest BCUT2D eigenvalue weighted by molar-refractivity contribution is 9.10. The van der Waals surface area contributed by atoms with E-state index in [1.807, 2.05) is 25.1 Å². The predicted octanol–water partition coefficient (Wildman–Crippen LogP) is 1.98. The Labute approximate surface area is 110 Å². The number of rotatable bonds is 5. The number of nitrogens with two attached hydrogens (primary N) is 1. The number of carbonyl (C=O) groups is 1. The average molecular weight is 301 g/mol. The zero-order valence-corrected chi connectivity index (χ0v) is 11.6. The van der Waals surface area contributed by atoms with Gasteiger partial charge in [-0.2, -0.15) is 0 Å². The minimum Gasteiger partial charge on any atom is -0.493 e. The van der Waals surface area contributed by atoms with Crippen molar-refractivity contribution in [3.05, 3.63) is 28.2 Å². The van der Waals surface area contributed by atoms with Crippen LogP contribution in [0.5, 0.6) is 5.75 Å². The minimum atomic E-state index is -0.0990. The van der Waals surface area contributed by atoms with E-state index in [1.165, 1.54) is 0 Å². The Balaban J connectivity index is 2.68. The zero-order valence-electron chi connectivity index (χ0n) is 10.00. The highest BCUT2D eigenvalue weighted by Gasteiger charge is 2.09. The summed E-state index contributed by atoms with van der Waals surface area (Å²) < 4.78 is 6.51. The summed E-state index contributed by atoms with van der Waals surface area (Å²) >= 11 is 3.38. The number of hydrogen-bond acceptors (Lipinski definition) is 3. The molecule has 0 spiro atoms. The molecule has 1 atom stereocenters. The van der Waals surface area contributed by atoms with E-state index in [2.05, 4.69) is 21.2 Å². The van der Waals surface area contributed by atoms with Crippen molar-refractivity contribution < 1.29 is 9.53 Å². The lowest BCUT2D eigenvalue weighted by molar-refractivity contribution is -0.121. The number of amides is 1. The molecule has 0 unspecified atom stereocenters. The van der Waals surface area contributed by atoms with Crippen LogP contribution in [0.2, 0.25) is 0 Å². The Hall–Kier alpha value is -1.07. The number of halogens is 1. The second kappa shape index (κ2) is 6.61. The van der Waals surface area contributed by atoms with Crippen molar-refractivity contribution in [1.29, 1.82) is 0 Å². The SMILES string of the molecule is CNC(=O)CCOc1cc(Br)ccc1[C@H](C)N. The van der Waals surface area contributed by atoms with Gasteiger partial charge in [0.15, 0.2) is 0 Å². The molecule has 1 aromatic rings. The highest BCUT2D eigenvalue weighted by atomic mass is 79.9. The first kappa shape index (κ1) is 14.0. The first-order valence-electron chi connectivity index (χ1n) is 5.43. The quantitative estimate of drug-likeness (QED) is 0.874. The molecular weight excluding hydrogens is 284 g/mol. The van der Waals surface area contributed by atoms with Crippen molar-refractivity contribution in [1.82, 2.24) is 5.32 Å². The van der Waals surface area contributed by atoms with Crippen molar-refractivity contribution >= 4 is 21.8 Å². The molecule has 0 bridgehead atoms. The Bertz CT molecular complexity index is 394. The van der Waals surface area contributed by atoms with Crippen LogP contribution in [0.25, 0.3) is 0 Å². The van der Waals surface area contributed by atoms with Crippen molar-refractivity contribution in [3.63, 3.8) is 0 Å². The second-order valence-corrected chi connectivity index (χ2v) is 4.66. The lowest BCUT2D eigenvalue weighted by Gasteiger charge is -2.14. The minimum absolute atomic E-state index is 0.0395. The summed E-state index contributed by atoms with van der Waals surface area (Å²) in [4.78, 5) is 11.1. The van der Waals surface area contributed by atoms with Gasteiger partial charge in [0, 0.05) is 23.1 Å². The molecule has 1 aromatic carbocycles. The number of hydrogen-bond donors (Lipinski definition) is 2. The lowest BCUT2D eigenvalue weighted by Crippen LogP contribution is -2.20. The van der Waals surface area contributed by atoms with Gasteiger partial charge in [0.25, 0.3) is 0 Å². The van der Waals surface area contributed by atoms with Gasteiger partial charge in [-0.3, -0.25) is 4.79 Å². The zero-order chi connectivity index (χ0) is 12.8. The summed E-state index contributed by atoms with van der Waals surface area (Å²) in [6, 6.07) is 5.61.